The van der Waals surface area contributed by atoms with Gasteiger partial charge >= 0.3 is 0 Å². The van der Waals surface area contributed by atoms with E-state index in [4.69, 9.17) is 4.74 Å². The van der Waals surface area contributed by atoms with Crippen molar-refractivity contribution in [2.75, 3.05) is 18.5 Å². The molecule has 0 atom stereocenters. The molecule has 0 aliphatic heterocycles. The molecule has 0 aliphatic rings. The fraction of sp³-hybridized carbons (Fsp3) is 0.500. The standard InChI is InChI=1S/C10H16N2O/c1-3-7-11-9-5-6-10(12-8-9)13-4-2/h5-6,8,11H,3-4,7H2,1-2H3. The van der Waals surface area contributed by atoms with E-state index in [-0.39, 0.29) is 0 Å². The predicted octanol–water partition coefficient (Wildman–Crippen LogP) is 2.30. The Kier molecular flexibility index (Phi) is 4.09. The van der Waals surface area contributed by atoms with Crippen molar-refractivity contribution in [2.45, 2.75) is 20.3 Å². The minimum Gasteiger partial charge on any atom is -0.478 e. The van der Waals surface area contributed by atoms with Gasteiger partial charge in [0.05, 0.1) is 18.5 Å². The molecule has 0 aliphatic carbocycles. The molecule has 3 nitrogen and oxygen atoms in total. The van der Waals surface area contributed by atoms with Crippen molar-refractivity contribution in [1.82, 2.24) is 4.98 Å². The fourth-order valence-corrected chi connectivity index (χ4v) is 0.987. The number of pyridine rings is 1. The first-order chi connectivity index (χ1) is 6.36. The lowest BCUT2D eigenvalue weighted by molar-refractivity contribution is 0.327. The van der Waals surface area contributed by atoms with Gasteiger partial charge in [-0.05, 0) is 19.4 Å². The van der Waals surface area contributed by atoms with Gasteiger partial charge in [0.25, 0.3) is 0 Å². The van der Waals surface area contributed by atoms with E-state index in [2.05, 4.69) is 17.2 Å². The molecule has 1 aromatic heterocycles. The Balaban J connectivity index is 2.48. The zero-order chi connectivity index (χ0) is 9.52. The smallest absolute Gasteiger partial charge is 0.213 e. The fourth-order valence-electron chi connectivity index (χ4n) is 0.987. The summed E-state index contributed by atoms with van der Waals surface area (Å²) in [4.78, 5) is 4.14. The van der Waals surface area contributed by atoms with Gasteiger partial charge in [0.2, 0.25) is 5.88 Å². The van der Waals surface area contributed by atoms with Gasteiger partial charge in [-0.3, -0.25) is 0 Å². The number of hydrogen-bond acceptors (Lipinski definition) is 3. The molecular formula is C10H16N2O. The normalized spacial score (nSPS) is 9.69. The summed E-state index contributed by atoms with van der Waals surface area (Å²) in [5.74, 6) is 0.685. The van der Waals surface area contributed by atoms with Crippen LogP contribution in [0.15, 0.2) is 18.3 Å². The third-order valence-electron chi connectivity index (χ3n) is 1.61. The number of aromatic nitrogens is 1. The Morgan fingerprint density at radius 3 is 2.77 bits per heavy atom. The summed E-state index contributed by atoms with van der Waals surface area (Å²) < 4.78 is 5.23. The topological polar surface area (TPSA) is 34.1 Å². The van der Waals surface area contributed by atoms with Crippen LogP contribution in [0.2, 0.25) is 0 Å². The Bertz CT molecular complexity index is 233. The quantitative estimate of drug-likeness (QED) is 0.755. The molecule has 0 aromatic carbocycles. The van der Waals surface area contributed by atoms with E-state index in [1.54, 1.807) is 6.20 Å². The minimum atomic E-state index is 0.661. The van der Waals surface area contributed by atoms with Crippen LogP contribution in [-0.2, 0) is 0 Å². The van der Waals surface area contributed by atoms with Crippen LogP contribution in [0.25, 0.3) is 0 Å². The second-order valence-electron chi connectivity index (χ2n) is 2.74. The lowest BCUT2D eigenvalue weighted by Crippen LogP contribution is -2.00. The molecule has 0 bridgehead atoms. The molecule has 1 rings (SSSR count). The van der Waals surface area contributed by atoms with Gasteiger partial charge in [-0.25, -0.2) is 4.98 Å². The monoisotopic (exact) mass is 180 g/mol. The summed E-state index contributed by atoms with van der Waals surface area (Å²) in [6, 6.07) is 3.86. The van der Waals surface area contributed by atoms with Crippen LogP contribution in [-0.4, -0.2) is 18.1 Å². The zero-order valence-corrected chi connectivity index (χ0v) is 8.21. The van der Waals surface area contributed by atoms with Crippen molar-refractivity contribution < 1.29 is 4.74 Å². The molecule has 1 N–H and O–H groups in total. The number of nitrogens with one attached hydrogen (secondary N) is 1. The summed E-state index contributed by atoms with van der Waals surface area (Å²) in [5.41, 5.74) is 1.05. The molecule has 0 saturated heterocycles. The molecule has 0 radical (unpaired) electrons. The summed E-state index contributed by atoms with van der Waals surface area (Å²) in [7, 11) is 0. The van der Waals surface area contributed by atoms with Crippen molar-refractivity contribution in [1.29, 1.82) is 0 Å². The molecule has 0 amide bonds. The lowest BCUT2D eigenvalue weighted by Gasteiger charge is -2.05. The van der Waals surface area contributed by atoms with Crippen molar-refractivity contribution in [3.05, 3.63) is 18.3 Å². The van der Waals surface area contributed by atoms with E-state index >= 15 is 0 Å². The molecule has 0 fully saturated rings. The van der Waals surface area contributed by atoms with Crippen LogP contribution >= 0.6 is 0 Å². The van der Waals surface area contributed by atoms with Crippen LogP contribution < -0.4 is 10.1 Å². The van der Waals surface area contributed by atoms with Crippen LogP contribution in [0.5, 0.6) is 5.88 Å². The van der Waals surface area contributed by atoms with Crippen molar-refractivity contribution >= 4 is 5.69 Å². The van der Waals surface area contributed by atoms with Gasteiger partial charge in [0.15, 0.2) is 0 Å². The third kappa shape index (κ3) is 3.32. The lowest BCUT2D eigenvalue weighted by atomic mass is 10.4. The zero-order valence-electron chi connectivity index (χ0n) is 8.21. The van der Waals surface area contributed by atoms with E-state index in [0.29, 0.717) is 12.5 Å². The third-order valence-corrected chi connectivity index (χ3v) is 1.61. The van der Waals surface area contributed by atoms with Crippen LogP contribution in [0.3, 0.4) is 0 Å². The average molecular weight is 180 g/mol. The van der Waals surface area contributed by atoms with Gasteiger partial charge < -0.3 is 10.1 Å². The maximum Gasteiger partial charge on any atom is 0.213 e. The molecule has 13 heavy (non-hydrogen) atoms. The minimum absolute atomic E-state index is 0.661. The van der Waals surface area contributed by atoms with Gasteiger partial charge in [-0.1, -0.05) is 6.92 Å². The number of ether oxygens (including phenoxy) is 1. The maximum absolute atomic E-state index is 5.23. The van der Waals surface area contributed by atoms with Crippen LogP contribution in [0.1, 0.15) is 20.3 Å². The summed E-state index contributed by atoms with van der Waals surface area (Å²) >= 11 is 0. The number of nitrogens with zero attached hydrogens (tertiary/aromatic N) is 1. The molecule has 1 heterocycles. The first kappa shape index (κ1) is 9.84. The summed E-state index contributed by atoms with van der Waals surface area (Å²) in [6.45, 7) is 5.73. The SMILES string of the molecule is CCCNc1ccc(OCC)nc1. The maximum atomic E-state index is 5.23. The molecule has 0 unspecified atom stereocenters. The van der Waals surface area contributed by atoms with Gasteiger partial charge in [0.1, 0.15) is 0 Å². The van der Waals surface area contributed by atoms with E-state index in [1.165, 1.54) is 0 Å². The number of hydrogen-bond donors (Lipinski definition) is 1. The highest BCUT2D eigenvalue weighted by atomic mass is 16.5. The highest BCUT2D eigenvalue weighted by Gasteiger charge is 1.93. The van der Waals surface area contributed by atoms with Crippen molar-refractivity contribution in [3.63, 3.8) is 0 Å². The van der Waals surface area contributed by atoms with E-state index < -0.39 is 0 Å². The Morgan fingerprint density at radius 2 is 2.23 bits per heavy atom. The molecular weight excluding hydrogens is 164 g/mol. The summed E-state index contributed by atoms with van der Waals surface area (Å²) in [5, 5.41) is 3.25. The van der Waals surface area contributed by atoms with Gasteiger partial charge in [-0.15, -0.1) is 0 Å². The van der Waals surface area contributed by atoms with E-state index in [9.17, 15) is 0 Å². The van der Waals surface area contributed by atoms with Crippen LogP contribution in [0, 0.1) is 0 Å². The van der Waals surface area contributed by atoms with E-state index in [0.717, 1.165) is 18.7 Å². The average Bonchev–Trinajstić information content (AvgIpc) is 2.17. The van der Waals surface area contributed by atoms with Crippen molar-refractivity contribution in [3.8, 4) is 5.88 Å². The van der Waals surface area contributed by atoms with E-state index in [1.807, 2.05) is 19.1 Å². The van der Waals surface area contributed by atoms with Gasteiger partial charge in [0, 0.05) is 12.6 Å². The van der Waals surface area contributed by atoms with Crippen LogP contribution in [0.4, 0.5) is 5.69 Å². The first-order valence-corrected chi connectivity index (χ1v) is 4.69. The Morgan fingerprint density at radius 1 is 1.38 bits per heavy atom. The second-order valence-corrected chi connectivity index (χ2v) is 2.74. The summed E-state index contributed by atoms with van der Waals surface area (Å²) in [6.07, 6.45) is 2.91. The second kappa shape index (κ2) is 5.41. The Hall–Kier alpha value is -1.25. The highest BCUT2D eigenvalue weighted by Crippen LogP contribution is 2.10. The largest absolute Gasteiger partial charge is 0.478 e. The number of rotatable bonds is 5. The van der Waals surface area contributed by atoms with Crippen molar-refractivity contribution in [2.24, 2.45) is 0 Å². The molecule has 3 heteroatoms. The number of anilines is 1. The molecule has 0 saturated carbocycles. The first-order valence-electron chi connectivity index (χ1n) is 4.69. The predicted molar refractivity (Wildman–Crippen MR) is 54.2 cm³/mol. The Labute approximate surface area is 79.1 Å². The highest BCUT2D eigenvalue weighted by molar-refractivity contribution is 5.41. The molecule has 0 spiro atoms. The van der Waals surface area contributed by atoms with Gasteiger partial charge in [-0.2, -0.15) is 0 Å². The molecule has 1 aromatic rings. The molecule has 72 valence electrons.